The third kappa shape index (κ3) is 2.88. The van der Waals surface area contributed by atoms with Crippen LogP contribution >= 0.6 is 11.3 Å². The summed E-state index contributed by atoms with van der Waals surface area (Å²) in [6, 6.07) is 3.84. The summed E-state index contributed by atoms with van der Waals surface area (Å²) in [6.07, 6.45) is 1.04. The number of ether oxygens (including phenoxy) is 1. The lowest BCUT2D eigenvalue weighted by atomic mass is 10.2. The Balaban J connectivity index is 1.57. The van der Waals surface area contributed by atoms with Gasteiger partial charge in [0, 0.05) is 37.1 Å². The van der Waals surface area contributed by atoms with Crippen LogP contribution in [0.5, 0.6) is 0 Å². The smallest absolute Gasteiger partial charge is 0.244 e. The standard InChI is InChI=1S/C14H21N3O2S/c15-13(12-2-1-9-20-12)14(18)17-4-3-11(10-17)16-5-7-19-8-6-16/h1-2,9,11,13H,3-8,10,15H2. The van der Waals surface area contributed by atoms with Crippen LogP contribution < -0.4 is 5.73 Å². The van der Waals surface area contributed by atoms with Gasteiger partial charge in [0.15, 0.2) is 0 Å². The molecular formula is C14H21N3O2S. The van der Waals surface area contributed by atoms with Gasteiger partial charge in [-0.25, -0.2) is 0 Å². The highest BCUT2D eigenvalue weighted by molar-refractivity contribution is 7.10. The molecule has 3 rings (SSSR count). The zero-order valence-electron chi connectivity index (χ0n) is 11.5. The number of morpholine rings is 1. The largest absolute Gasteiger partial charge is 0.379 e. The van der Waals surface area contributed by atoms with Gasteiger partial charge in [0.05, 0.1) is 13.2 Å². The van der Waals surface area contributed by atoms with Crippen LogP contribution in [0.4, 0.5) is 0 Å². The first-order chi connectivity index (χ1) is 9.75. The zero-order chi connectivity index (χ0) is 13.9. The van der Waals surface area contributed by atoms with Crippen molar-refractivity contribution in [1.29, 1.82) is 0 Å². The molecular weight excluding hydrogens is 274 g/mol. The van der Waals surface area contributed by atoms with Crippen LogP contribution in [0.1, 0.15) is 17.3 Å². The monoisotopic (exact) mass is 295 g/mol. The van der Waals surface area contributed by atoms with Gasteiger partial charge in [-0.3, -0.25) is 9.69 Å². The third-order valence-corrected chi connectivity index (χ3v) is 5.11. The van der Waals surface area contributed by atoms with Crippen molar-refractivity contribution >= 4 is 17.2 Å². The predicted molar refractivity (Wildman–Crippen MR) is 78.6 cm³/mol. The highest BCUT2D eigenvalue weighted by Crippen LogP contribution is 2.23. The predicted octanol–water partition coefficient (Wildman–Crippen LogP) is 0.681. The van der Waals surface area contributed by atoms with Gasteiger partial charge < -0.3 is 15.4 Å². The molecule has 1 amide bonds. The Kier molecular flexibility index (Phi) is 4.35. The molecule has 1 aromatic rings. The molecule has 0 radical (unpaired) electrons. The zero-order valence-corrected chi connectivity index (χ0v) is 12.3. The van der Waals surface area contributed by atoms with Crippen molar-refractivity contribution in [3.05, 3.63) is 22.4 Å². The molecule has 0 aliphatic carbocycles. The van der Waals surface area contributed by atoms with E-state index >= 15 is 0 Å². The maximum absolute atomic E-state index is 12.4. The summed E-state index contributed by atoms with van der Waals surface area (Å²) in [4.78, 5) is 17.7. The Morgan fingerprint density at radius 3 is 2.90 bits per heavy atom. The molecule has 2 N–H and O–H groups in total. The molecule has 5 nitrogen and oxygen atoms in total. The van der Waals surface area contributed by atoms with E-state index in [2.05, 4.69) is 4.90 Å². The molecule has 2 aliphatic rings. The number of amides is 1. The van der Waals surface area contributed by atoms with Crippen LogP contribution in [0.3, 0.4) is 0 Å². The highest BCUT2D eigenvalue weighted by atomic mass is 32.1. The van der Waals surface area contributed by atoms with Crippen LogP contribution in [0.15, 0.2) is 17.5 Å². The number of hydrogen-bond donors (Lipinski definition) is 1. The van der Waals surface area contributed by atoms with Crippen molar-refractivity contribution in [1.82, 2.24) is 9.80 Å². The summed E-state index contributed by atoms with van der Waals surface area (Å²) >= 11 is 1.55. The number of thiophene rings is 1. The molecule has 110 valence electrons. The van der Waals surface area contributed by atoms with Gasteiger partial charge in [0.2, 0.25) is 5.91 Å². The average Bonchev–Trinajstić information content (AvgIpc) is 3.18. The average molecular weight is 295 g/mol. The van der Waals surface area contributed by atoms with Crippen LogP contribution in [-0.2, 0) is 9.53 Å². The maximum atomic E-state index is 12.4. The fourth-order valence-electron chi connectivity index (χ4n) is 2.97. The molecule has 0 aromatic carbocycles. The number of rotatable bonds is 3. The molecule has 1 aromatic heterocycles. The van der Waals surface area contributed by atoms with Gasteiger partial charge in [-0.15, -0.1) is 11.3 Å². The summed E-state index contributed by atoms with van der Waals surface area (Å²) in [5, 5.41) is 1.96. The lowest BCUT2D eigenvalue weighted by Crippen LogP contribution is -2.46. The molecule has 6 heteroatoms. The van der Waals surface area contributed by atoms with E-state index in [1.54, 1.807) is 11.3 Å². The first-order valence-electron chi connectivity index (χ1n) is 7.15. The number of hydrogen-bond acceptors (Lipinski definition) is 5. The molecule has 2 fully saturated rings. The quantitative estimate of drug-likeness (QED) is 0.891. The summed E-state index contributed by atoms with van der Waals surface area (Å²) in [5.74, 6) is 0.0585. The lowest BCUT2D eigenvalue weighted by molar-refractivity contribution is -0.131. The Morgan fingerprint density at radius 2 is 2.20 bits per heavy atom. The number of likely N-dealkylation sites (tertiary alicyclic amines) is 1. The SMILES string of the molecule is NC(C(=O)N1CCC(N2CCOCC2)C1)c1cccs1. The summed E-state index contributed by atoms with van der Waals surface area (Å²) in [6.45, 7) is 5.18. The number of carbonyl (C=O) groups excluding carboxylic acids is 1. The molecule has 2 unspecified atom stereocenters. The third-order valence-electron chi connectivity index (χ3n) is 4.15. The van der Waals surface area contributed by atoms with Gasteiger partial charge in [-0.05, 0) is 17.9 Å². The van der Waals surface area contributed by atoms with E-state index in [-0.39, 0.29) is 5.91 Å². The highest BCUT2D eigenvalue weighted by Gasteiger charge is 2.33. The minimum absolute atomic E-state index is 0.0585. The van der Waals surface area contributed by atoms with E-state index in [4.69, 9.17) is 10.5 Å². The van der Waals surface area contributed by atoms with E-state index in [9.17, 15) is 4.79 Å². The van der Waals surface area contributed by atoms with Gasteiger partial charge in [-0.2, -0.15) is 0 Å². The summed E-state index contributed by atoms with van der Waals surface area (Å²) in [7, 11) is 0. The number of nitrogens with zero attached hydrogens (tertiary/aromatic N) is 2. The summed E-state index contributed by atoms with van der Waals surface area (Å²) in [5.41, 5.74) is 6.07. The van der Waals surface area contributed by atoms with Gasteiger partial charge >= 0.3 is 0 Å². The van der Waals surface area contributed by atoms with Crippen LogP contribution in [-0.4, -0.2) is 61.1 Å². The molecule has 0 saturated carbocycles. The minimum Gasteiger partial charge on any atom is -0.379 e. The Labute approximate surface area is 123 Å². The van der Waals surface area contributed by atoms with E-state index in [1.807, 2.05) is 22.4 Å². The van der Waals surface area contributed by atoms with Gasteiger partial charge in [0.1, 0.15) is 6.04 Å². The lowest BCUT2D eigenvalue weighted by Gasteiger charge is -2.32. The van der Waals surface area contributed by atoms with Crippen molar-refractivity contribution < 1.29 is 9.53 Å². The van der Waals surface area contributed by atoms with Crippen molar-refractivity contribution in [3.8, 4) is 0 Å². The van der Waals surface area contributed by atoms with E-state index < -0.39 is 6.04 Å². The second-order valence-electron chi connectivity index (χ2n) is 5.37. The molecule has 20 heavy (non-hydrogen) atoms. The normalized spacial score (nSPS) is 25.9. The topological polar surface area (TPSA) is 58.8 Å². The van der Waals surface area contributed by atoms with Crippen LogP contribution in [0.2, 0.25) is 0 Å². The molecule has 2 atom stereocenters. The Bertz CT molecular complexity index is 445. The fourth-order valence-corrected chi connectivity index (χ4v) is 3.69. The first-order valence-corrected chi connectivity index (χ1v) is 8.03. The number of nitrogens with two attached hydrogens (primary N) is 1. The molecule has 2 aliphatic heterocycles. The first kappa shape index (κ1) is 14.0. The summed E-state index contributed by atoms with van der Waals surface area (Å²) < 4.78 is 5.38. The van der Waals surface area contributed by atoms with E-state index in [0.717, 1.165) is 50.7 Å². The van der Waals surface area contributed by atoms with Crippen molar-refractivity contribution in [2.45, 2.75) is 18.5 Å². The molecule has 2 saturated heterocycles. The molecule has 3 heterocycles. The van der Waals surface area contributed by atoms with Crippen LogP contribution in [0.25, 0.3) is 0 Å². The van der Waals surface area contributed by atoms with E-state index in [1.165, 1.54) is 0 Å². The fraction of sp³-hybridized carbons (Fsp3) is 0.643. The van der Waals surface area contributed by atoms with Crippen molar-refractivity contribution in [2.75, 3.05) is 39.4 Å². The van der Waals surface area contributed by atoms with E-state index in [0.29, 0.717) is 6.04 Å². The van der Waals surface area contributed by atoms with Crippen molar-refractivity contribution in [2.24, 2.45) is 5.73 Å². The Hall–Kier alpha value is -0.950. The van der Waals surface area contributed by atoms with Gasteiger partial charge in [0.25, 0.3) is 0 Å². The number of carbonyl (C=O) groups is 1. The minimum atomic E-state index is -0.501. The molecule has 0 bridgehead atoms. The Morgan fingerprint density at radius 1 is 1.40 bits per heavy atom. The second kappa shape index (κ2) is 6.22. The second-order valence-corrected chi connectivity index (χ2v) is 6.35. The maximum Gasteiger partial charge on any atom is 0.244 e. The van der Waals surface area contributed by atoms with Gasteiger partial charge in [-0.1, -0.05) is 6.07 Å². The van der Waals surface area contributed by atoms with Crippen molar-refractivity contribution in [3.63, 3.8) is 0 Å². The van der Waals surface area contributed by atoms with Crippen LogP contribution in [0, 0.1) is 0 Å². The molecule has 0 spiro atoms.